The highest BCUT2D eigenvalue weighted by atomic mass is 31.2. The lowest BCUT2D eigenvalue weighted by atomic mass is 10.0. The number of nitrogens with zero attached hydrogens (tertiary/aromatic N) is 1. The van der Waals surface area contributed by atoms with Crippen LogP contribution in [0.3, 0.4) is 0 Å². The Morgan fingerprint density at radius 2 is 0.839 bits per heavy atom. The van der Waals surface area contributed by atoms with Gasteiger partial charge in [0.1, 0.15) is 19.3 Å². The Kier molecular flexibility index (Phi) is 46.2. The van der Waals surface area contributed by atoms with Gasteiger partial charge in [-0.1, -0.05) is 231 Å². The summed E-state index contributed by atoms with van der Waals surface area (Å²) in [5.74, 6) is -0.308. The van der Waals surface area contributed by atoms with Crippen LogP contribution < -0.4 is 0 Å². The summed E-state index contributed by atoms with van der Waals surface area (Å²) in [6, 6.07) is 0. The first-order valence-corrected chi connectivity index (χ1v) is 28.4. The standard InChI is InChI=1S/C53H106NO7P/c1-6-8-10-12-14-16-18-20-22-24-25-26-27-28-29-30-31-32-34-36-38-40-42-44-46-53(55)61-52(51-60-62(56,57)59-49-47-54(3,4)5)50-58-48-45-43-41-39-37-35-33-23-21-19-17-15-13-11-9-7-2/h21,23,52H,6-20,22,24-51H2,1-5H3/p+1/b23-21-. The third-order valence-electron chi connectivity index (χ3n) is 12.1. The second-order valence-electron chi connectivity index (χ2n) is 19.6. The van der Waals surface area contributed by atoms with Gasteiger partial charge in [-0.25, -0.2) is 4.57 Å². The van der Waals surface area contributed by atoms with Crippen LogP contribution in [-0.4, -0.2) is 75.6 Å². The van der Waals surface area contributed by atoms with Gasteiger partial charge in [0.15, 0.2) is 0 Å². The molecule has 0 bridgehead atoms. The first kappa shape index (κ1) is 61.2. The van der Waals surface area contributed by atoms with Crippen molar-refractivity contribution in [2.24, 2.45) is 0 Å². The maximum absolute atomic E-state index is 12.8. The van der Waals surface area contributed by atoms with E-state index in [0.29, 0.717) is 24.1 Å². The van der Waals surface area contributed by atoms with Crippen molar-refractivity contribution >= 4 is 13.8 Å². The van der Waals surface area contributed by atoms with E-state index in [1.54, 1.807) is 0 Å². The molecule has 0 fully saturated rings. The van der Waals surface area contributed by atoms with Crippen molar-refractivity contribution in [2.75, 3.05) is 54.1 Å². The minimum absolute atomic E-state index is 0.0910. The second kappa shape index (κ2) is 46.8. The molecule has 8 nitrogen and oxygen atoms in total. The summed E-state index contributed by atoms with van der Waals surface area (Å²) in [5, 5.41) is 0. The molecule has 0 aromatic rings. The lowest BCUT2D eigenvalue weighted by Crippen LogP contribution is -2.37. The van der Waals surface area contributed by atoms with Crippen molar-refractivity contribution in [1.82, 2.24) is 0 Å². The summed E-state index contributed by atoms with van der Waals surface area (Å²) in [7, 11) is 1.68. The Balaban J connectivity index is 4.04. The predicted octanol–water partition coefficient (Wildman–Crippen LogP) is 16.6. The van der Waals surface area contributed by atoms with Crippen LogP contribution in [0.4, 0.5) is 0 Å². The normalized spacial score (nSPS) is 13.6. The molecular weight excluding hydrogens is 794 g/mol. The summed E-state index contributed by atoms with van der Waals surface area (Å²) in [4.78, 5) is 23.0. The number of rotatable bonds is 51. The van der Waals surface area contributed by atoms with E-state index in [-0.39, 0.29) is 25.8 Å². The Bertz CT molecular complexity index is 1000. The smallest absolute Gasteiger partial charge is 0.457 e. The summed E-state index contributed by atoms with van der Waals surface area (Å²) < 4.78 is 35.2. The molecule has 0 aliphatic heterocycles. The topological polar surface area (TPSA) is 91.3 Å². The van der Waals surface area contributed by atoms with Gasteiger partial charge in [-0.2, -0.15) is 0 Å². The van der Waals surface area contributed by atoms with Gasteiger partial charge in [0.25, 0.3) is 0 Å². The van der Waals surface area contributed by atoms with E-state index < -0.39 is 13.9 Å². The number of likely N-dealkylation sites (N-methyl/N-ethyl adjacent to an activating group) is 1. The van der Waals surface area contributed by atoms with E-state index in [2.05, 4.69) is 26.0 Å². The number of hydrogen-bond donors (Lipinski definition) is 1. The fourth-order valence-corrected chi connectivity index (χ4v) is 8.65. The molecule has 0 aliphatic rings. The van der Waals surface area contributed by atoms with E-state index in [1.165, 1.54) is 212 Å². The lowest BCUT2D eigenvalue weighted by molar-refractivity contribution is -0.870. The molecule has 0 aliphatic carbocycles. The van der Waals surface area contributed by atoms with Gasteiger partial charge in [0.2, 0.25) is 0 Å². The van der Waals surface area contributed by atoms with E-state index >= 15 is 0 Å². The molecule has 0 aromatic carbocycles. The Labute approximate surface area is 386 Å². The maximum Gasteiger partial charge on any atom is 0.472 e. The van der Waals surface area contributed by atoms with Crippen molar-refractivity contribution in [2.45, 2.75) is 270 Å². The molecule has 2 atom stereocenters. The zero-order chi connectivity index (χ0) is 45.5. The molecule has 0 saturated heterocycles. The van der Waals surface area contributed by atoms with Gasteiger partial charge < -0.3 is 18.9 Å². The van der Waals surface area contributed by atoms with E-state index in [1.807, 2.05) is 21.1 Å². The molecule has 1 N–H and O–H groups in total. The van der Waals surface area contributed by atoms with Gasteiger partial charge in [0.05, 0.1) is 34.4 Å². The number of phosphoric acid groups is 1. The molecule has 370 valence electrons. The number of phosphoric ester groups is 1. The summed E-state index contributed by atoms with van der Waals surface area (Å²) >= 11 is 0. The molecule has 0 spiro atoms. The van der Waals surface area contributed by atoms with Crippen LogP contribution in [0.25, 0.3) is 0 Å². The van der Waals surface area contributed by atoms with Crippen molar-refractivity contribution < 1.29 is 37.3 Å². The number of ether oxygens (including phenoxy) is 2. The van der Waals surface area contributed by atoms with E-state index in [9.17, 15) is 14.3 Å². The average Bonchev–Trinajstić information content (AvgIpc) is 3.23. The van der Waals surface area contributed by atoms with Crippen molar-refractivity contribution in [3.8, 4) is 0 Å². The van der Waals surface area contributed by atoms with Crippen LogP contribution in [0, 0.1) is 0 Å². The Morgan fingerprint density at radius 3 is 1.23 bits per heavy atom. The zero-order valence-corrected chi connectivity index (χ0v) is 43.0. The molecule has 0 rings (SSSR count). The second-order valence-corrected chi connectivity index (χ2v) is 21.1. The molecule has 9 heteroatoms. The first-order chi connectivity index (χ1) is 30.1. The number of hydrogen-bond acceptors (Lipinski definition) is 6. The van der Waals surface area contributed by atoms with Gasteiger partial charge in [-0.3, -0.25) is 13.8 Å². The summed E-state index contributed by atoms with van der Waals surface area (Å²) in [6.07, 6.45) is 54.1. The van der Waals surface area contributed by atoms with E-state index in [4.69, 9.17) is 18.5 Å². The van der Waals surface area contributed by atoms with Crippen LogP contribution in [-0.2, 0) is 27.9 Å². The highest BCUT2D eigenvalue weighted by Gasteiger charge is 2.26. The number of allylic oxidation sites excluding steroid dienone is 2. The third kappa shape index (κ3) is 50.2. The SMILES string of the molecule is CCCCCCCC/C=C\CCCCCCCCOCC(COP(=O)(O)OCC[N+](C)(C)C)OC(=O)CCCCCCCCCCCCCCCCCCCCCCCCCC. The number of unbranched alkanes of at least 4 members (excludes halogenated alkanes) is 35. The molecule has 0 radical (unpaired) electrons. The average molecular weight is 901 g/mol. The van der Waals surface area contributed by atoms with E-state index in [0.717, 1.165) is 32.1 Å². The monoisotopic (exact) mass is 901 g/mol. The van der Waals surface area contributed by atoms with Gasteiger partial charge in [-0.15, -0.1) is 0 Å². The number of carbonyl (C=O) groups excluding carboxylic acids is 1. The number of quaternary nitrogens is 1. The quantitative estimate of drug-likeness (QED) is 0.0214. The molecule has 0 saturated carbocycles. The number of esters is 1. The van der Waals surface area contributed by atoms with Crippen molar-refractivity contribution in [3.05, 3.63) is 12.2 Å². The minimum Gasteiger partial charge on any atom is -0.457 e. The fourth-order valence-electron chi connectivity index (χ4n) is 7.90. The first-order valence-electron chi connectivity index (χ1n) is 26.9. The van der Waals surface area contributed by atoms with Gasteiger partial charge >= 0.3 is 13.8 Å². The fraction of sp³-hybridized carbons (Fsp3) is 0.943. The van der Waals surface area contributed by atoms with Crippen LogP contribution in [0.2, 0.25) is 0 Å². The molecule has 0 aromatic heterocycles. The molecule has 62 heavy (non-hydrogen) atoms. The van der Waals surface area contributed by atoms with Gasteiger partial charge in [-0.05, 0) is 38.5 Å². The van der Waals surface area contributed by atoms with Crippen LogP contribution >= 0.6 is 7.82 Å². The summed E-state index contributed by atoms with van der Waals surface area (Å²) in [6.45, 7) is 5.67. The van der Waals surface area contributed by atoms with Crippen LogP contribution in [0.5, 0.6) is 0 Å². The molecule has 2 unspecified atom stereocenters. The van der Waals surface area contributed by atoms with Gasteiger partial charge in [0, 0.05) is 13.0 Å². The molecular formula is C53H107NO7P+. The van der Waals surface area contributed by atoms with Crippen molar-refractivity contribution in [1.29, 1.82) is 0 Å². The van der Waals surface area contributed by atoms with Crippen LogP contribution in [0.15, 0.2) is 12.2 Å². The molecule has 0 amide bonds. The zero-order valence-electron chi connectivity index (χ0n) is 42.1. The highest BCUT2D eigenvalue weighted by Crippen LogP contribution is 2.43. The number of carbonyl (C=O) groups is 1. The summed E-state index contributed by atoms with van der Waals surface area (Å²) in [5.41, 5.74) is 0. The third-order valence-corrected chi connectivity index (χ3v) is 13.1. The lowest BCUT2D eigenvalue weighted by Gasteiger charge is -2.24. The Hall–Kier alpha value is -0.760. The minimum atomic E-state index is -4.28. The highest BCUT2D eigenvalue weighted by molar-refractivity contribution is 7.47. The van der Waals surface area contributed by atoms with Crippen LogP contribution in [0.1, 0.15) is 264 Å². The van der Waals surface area contributed by atoms with Crippen molar-refractivity contribution in [3.63, 3.8) is 0 Å². The molecule has 0 heterocycles. The largest absolute Gasteiger partial charge is 0.472 e. The maximum atomic E-state index is 12.8. The Morgan fingerprint density at radius 1 is 0.484 bits per heavy atom. The predicted molar refractivity (Wildman–Crippen MR) is 266 cm³/mol.